The number of nitrogens with one attached hydrogen (secondary N) is 2. The molecule has 9 nitrogen and oxygen atoms in total. The van der Waals surface area contributed by atoms with E-state index >= 15 is 0 Å². The van der Waals surface area contributed by atoms with Crippen LogP contribution in [-0.2, 0) is 10.0 Å². The van der Waals surface area contributed by atoms with Crippen molar-refractivity contribution in [2.75, 3.05) is 12.4 Å². The van der Waals surface area contributed by atoms with Gasteiger partial charge in [0.05, 0.1) is 9.82 Å². The summed E-state index contributed by atoms with van der Waals surface area (Å²) < 4.78 is 27.3. The maximum Gasteiger partial charge on any atom is 0.269 e. The number of hydrogen-bond donors (Lipinski definition) is 2. The second-order valence-electron chi connectivity index (χ2n) is 7.55. The first-order valence-corrected chi connectivity index (χ1v) is 12.0. The normalized spacial score (nSPS) is 14.7. The van der Waals surface area contributed by atoms with Crippen molar-refractivity contribution in [3.8, 4) is 0 Å². The molecule has 2 aromatic rings. The lowest BCUT2D eigenvalue weighted by Gasteiger charge is -2.30. The Kier molecular flexibility index (Phi) is 7.54. The lowest BCUT2D eigenvalue weighted by atomic mass is 9.96. The Hall–Kier alpha value is -2.89. The first-order chi connectivity index (χ1) is 15.2. The van der Waals surface area contributed by atoms with Crippen LogP contribution in [0.3, 0.4) is 0 Å². The van der Waals surface area contributed by atoms with E-state index < -0.39 is 20.9 Å². The van der Waals surface area contributed by atoms with Crippen molar-refractivity contribution in [2.24, 2.45) is 0 Å². The molecule has 1 aliphatic carbocycles. The van der Waals surface area contributed by atoms with Gasteiger partial charge in [0.25, 0.3) is 11.6 Å². The van der Waals surface area contributed by atoms with Crippen LogP contribution in [0.25, 0.3) is 0 Å². The Labute approximate surface area is 192 Å². The standard InChI is InChI=1S/C21H24N4O5S2/c1-24(17-5-3-2-4-6-17)32(29,30)19-13-9-16(10-14-19)22-21(31)23-20(26)15-7-11-18(12-8-15)25(27)28/h7-14,17H,2-6H2,1H3,(H2,22,23,26,31). The van der Waals surface area contributed by atoms with Crippen LogP contribution < -0.4 is 10.6 Å². The minimum Gasteiger partial charge on any atom is -0.332 e. The summed E-state index contributed by atoms with van der Waals surface area (Å²) in [6.07, 6.45) is 4.97. The number of amides is 1. The Bertz CT molecular complexity index is 1100. The molecule has 1 fully saturated rings. The van der Waals surface area contributed by atoms with E-state index in [1.54, 1.807) is 19.2 Å². The molecule has 0 unspecified atom stereocenters. The Balaban J connectivity index is 1.60. The number of carbonyl (C=O) groups is 1. The molecule has 0 atom stereocenters. The van der Waals surface area contributed by atoms with Gasteiger partial charge in [-0.25, -0.2) is 8.42 Å². The molecule has 0 saturated heterocycles. The summed E-state index contributed by atoms with van der Waals surface area (Å²) in [5.41, 5.74) is 0.608. The fourth-order valence-electron chi connectivity index (χ4n) is 3.59. The second-order valence-corrected chi connectivity index (χ2v) is 9.96. The highest BCUT2D eigenvalue weighted by atomic mass is 32.2. The molecule has 3 rings (SSSR count). The lowest BCUT2D eigenvalue weighted by Crippen LogP contribution is -2.38. The summed E-state index contributed by atoms with van der Waals surface area (Å²) in [5, 5.41) is 16.0. The van der Waals surface area contributed by atoms with E-state index in [0.29, 0.717) is 5.69 Å². The summed E-state index contributed by atoms with van der Waals surface area (Å²) in [5.74, 6) is -0.522. The zero-order valence-electron chi connectivity index (χ0n) is 17.5. The molecule has 170 valence electrons. The first kappa shape index (κ1) is 23.8. The number of rotatable bonds is 6. The Morgan fingerprint density at radius 3 is 2.22 bits per heavy atom. The van der Waals surface area contributed by atoms with Gasteiger partial charge in [-0.1, -0.05) is 19.3 Å². The molecule has 11 heteroatoms. The van der Waals surface area contributed by atoms with Gasteiger partial charge in [-0.3, -0.25) is 20.2 Å². The third-order valence-electron chi connectivity index (χ3n) is 5.45. The third kappa shape index (κ3) is 5.67. The number of sulfonamides is 1. The van der Waals surface area contributed by atoms with E-state index in [1.807, 2.05) is 0 Å². The van der Waals surface area contributed by atoms with Crippen molar-refractivity contribution >= 4 is 44.6 Å². The van der Waals surface area contributed by atoms with E-state index in [0.717, 1.165) is 32.1 Å². The van der Waals surface area contributed by atoms with Gasteiger partial charge < -0.3 is 5.32 Å². The molecule has 0 aliphatic heterocycles. The van der Waals surface area contributed by atoms with Crippen molar-refractivity contribution in [1.82, 2.24) is 9.62 Å². The van der Waals surface area contributed by atoms with Crippen molar-refractivity contribution in [3.63, 3.8) is 0 Å². The predicted octanol–water partition coefficient (Wildman–Crippen LogP) is 3.67. The summed E-state index contributed by atoms with van der Waals surface area (Å²) in [6.45, 7) is 0. The van der Waals surface area contributed by atoms with Gasteiger partial charge in [0.1, 0.15) is 0 Å². The van der Waals surface area contributed by atoms with Gasteiger partial charge in [0.2, 0.25) is 10.0 Å². The molecule has 1 saturated carbocycles. The van der Waals surface area contributed by atoms with Gasteiger partial charge in [-0.15, -0.1) is 0 Å². The number of non-ortho nitro benzene ring substituents is 1. The molecule has 2 aromatic carbocycles. The number of thiocarbonyl (C=S) groups is 1. The Morgan fingerprint density at radius 1 is 1.06 bits per heavy atom. The van der Waals surface area contributed by atoms with Crippen LogP contribution in [-0.4, -0.2) is 41.8 Å². The molecular weight excluding hydrogens is 452 g/mol. The number of nitro benzene ring substituents is 1. The molecule has 0 aromatic heterocycles. The van der Waals surface area contributed by atoms with Crippen LogP contribution in [0, 0.1) is 10.1 Å². The van der Waals surface area contributed by atoms with E-state index in [9.17, 15) is 23.3 Å². The van der Waals surface area contributed by atoms with Crippen LogP contribution in [0.4, 0.5) is 11.4 Å². The zero-order valence-corrected chi connectivity index (χ0v) is 19.1. The lowest BCUT2D eigenvalue weighted by molar-refractivity contribution is -0.384. The molecule has 0 heterocycles. The highest BCUT2D eigenvalue weighted by Gasteiger charge is 2.28. The predicted molar refractivity (Wildman–Crippen MR) is 125 cm³/mol. The Morgan fingerprint density at radius 2 is 1.66 bits per heavy atom. The van der Waals surface area contributed by atoms with Gasteiger partial charge in [0, 0.05) is 36.5 Å². The largest absolute Gasteiger partial charge is 0.332 e. The minimum atomic E-state index is -3.59. The quantitative estimate of drug-likeness (QED) is 0.370. The highest BCUT2D eigenvalue weighted by molar-refractivity contribution is 7.89. The molecule has 0 bridgehead atoms. The van der Waals surface area contributed by atoms with Gasteiger partial charge in [-0.2, -0.15) is 4.31 Å². The molecular formula is C21H24N4O5S2. The number of anilines is 1. The van der Waals surface area contributed by atoms with Crippen LogP contribution in [0.2, 0.25) is 0 Å². The second kappa shape index (κ2) is 10.2. The van der Waals surface area contributed by atoms with Crippen molar-refractivity contribution in [1.29, 1.82) is 0 Å². The van der Waals surface area contributed by atoms with Gasteiger partial charge >= 0.3 is 0 Å². The molecule has 1 amide bonds. The number of carbonyl (C=O) groups excluding carboxylic acids is 1. The van der Waals surface area contributed by atoms with Crippen molar-refractivity contribution < 1.29 is 18.1 Å². The van der Waals surface area contributed by atoms with Crippen LogP contribution in [0.5, 0.6) is 0 Å². The maximum absolute atomic E-state index is 12.9. The van der Waals surface area contributed by atoms with Crippen molar-refractivity contribution in [3.05, 3.63) is 64.2 Å². The summed E-state index contributed by atoms with van der Waals surface area (Å²) >= 11 is 5.14. The first-order valence-electron chi connectivity index (χ1n) is 10.1. The topological polar surface area (TPSA) is 122 Å². The average molecular weight is 477 g/mol. The summed E-state index contributed by atoms with van der Waals surface area (Å²) in [6, 6.07) is 11.3. The number of nitro groups is 1. The van der Waals surface area contributed by atoms with E-state index in [-0.39, 0.29) is 27.3 Å². The number of hydrogen-bond acceptors (Lipinski definition) is 6. The molecule has 32 heavy (non-hydrogen) atoms. The molecule has 0 spiro atoms. The number of nitrogens with zero attached hydrogens (tertiary/aromatic N) is 2. The van der Waals surface area contributed by atoms with Crippen LogP contribution in [0.15, 0.2) is 53.4 Å². The van der Waals surface area contributed by atoms with Crippen LogP contribution >= 0.6 is 12.2 Å². The monoisotopic (exact) mass is 476 g/mol. The molecule has 0 radical (unpaired) electrons. The SMILES string of the molecule is CN(C1CCCCC1)S(=O)(=O)c1ccc(NC(=S)NC(=O)c2ccc([N+](=O)[O-])cc2)cc1. The summed E-state index contributed by atoms with van der Waals surface area (Å²) in [7, 11) is -1.97. The fraction of sp³-hybridized carbons (Fsp3) is 0.333. The average Bonchev–Trinajstić information content (AvgIpc) is 2.79. The van der Waals surface area contributed by atoms with E-state index in [4.69, 9.17) is 12.2 Å². The maximum atomic E-state index is 12.9. The molecule has 2 N–H and O–H groups in total. The minimum absolute atomic E-state index is 0.0169. The van der Waals surface area contributed by atoms with E-state index in [2.05, 4.69) is 10.6 Å². The summed E-state index contributed by atoms with van der Waals surface area (Å²) in [4.78, 5) is 22.6. The van der Waals surface area contributed by atoms with Gasteiger partial charge in [0.15, 0.2) is 5.11 Å². The highest BCUT2D eigenvalue weighted by Crippen LogP contribution is 2.27. The van der Waals surface area contributed by atoms with E-state index in [1.165, 1.54) is 40.7 Å². The smallest absolute Gasteiger partial charge is 0.269 e. The van der Waals surface area contributed by atoms with Crippen molar-refractivity contribution in [2.45, 2.75) is 43.0 Å². The molecule has 1 aliphatic rings. The zero-order chi connectivity index (χ0) is 23.3. The fourth-order valence-corrected chi connectivity index (χ4v) is 5.22. The van der Waals surface area contributed by atoms with Gasteiger partial charge in [-0.05, 0) is 61.5 Å². The third-order valence-corrected chi connectivity index (χ3v) is 7.57. The number of benzene rings is 2. The van der Waals surface area contributed by atoms with Crippen LogP contribution in [0.1, 0.15) is 42.5 Å².